The predicted octanol–water partition coefficient (Wildman–Crippen LogP) is 1.74. The first kappa shape index (κ1) is 11.1. The van der Waals surface area contributed by atoms with E-state index >= 15 is 0 Å². The molecule has 0 aromatic heterocycles. The molecule has 0 heterocycles. The summed E-state index contributed by atoms with van der Waals surface area (Å²) < 4.78 is 0. The Bertz CT molecular complexity index is 304. The predicted molar refractivity (Wildman–Crippen MR) is 60.8 cm³/mol. The Morgan fingerprint density at radius 3 is 2.86 bits per heavy atom. The number of nitrogens with two attached hydrogens (primary N) is 1. The van der Waals surface area contributed by atoms with Crippen molar-refractivity contribution in [2.24, 2.45) is 0 Å². The highest BCUT2D eigenvalue weighted by molar-refractivity contribution is 6.31. The van der Waals surface area contributed by atoms with E-state index in [1.54, 1.807) is 12.1 Å². The van der Waals surface area contributed by atoms with Crippen LogP contribution in [0.4, 0.5) is 11.4 Å². The van der Waals surface area contributed by atoms with Crippen molar-refractivity contribution in [1.29, 1.82) is 0 Å². The van der Waals surface area contributed by atoms with Crippen LogP contribution >= 0.6 is 11.6 Å². The second-order valence-electron chi connectivity index (χ2n) is 3.20. The SMILES string of the molecule is CN(CCCO)c1cc(Cl)ccc1N. The van der Waals surface area contributed by atoms with Crippen molar-refractivity contribution in [2.45, 2.75) is 6.42 Å². The van der Waals surface area contributed by atoms with Crippen molar-refractivity contribution in [2.75, 3.05) is 30.8 Å². The van der Waals surface area contributed by atoms with Gasteiger partial charge in [-0.1, -0.05) is 11.6 Å². The Kier molecular flexibility index (Phi) is 4.04. The summed E-state index contributed by atoms with van der Waals surface area (Å²) in [5, 5.41) is 9.37. The zero-order valence-electron chi connectivity index (χ0n) is 8.20. The van der Waals surface area contributed by atoms with E-state index in [2.05, 4.69) is 0 Å². The van der Waals surface area contributed by atoms with Crippen LogP contribution in [0.25, 0.3) is 0 Å². The molecule has 3 nitrogen and oxygen atoms in total. The van der Waals surface area contributed by atoms with Gasteiger partial charge in [0.25, 0.3) is 0 Å². The highest BCUT2D eigenvalue weighted by Gasteiger charge is 2.05. The van der Waals surface area contributed by atoms with Crippen molar-refractivity contribution < 1.29 is 5.11 Å². The average Bonchev–Trinajstić information content (AvgIpc) is 2.18. The van der Waals surface area contributed by atoms with Gasteiger partial charge in [-0.05, 0) is 24.6 Å². The van der Waals surface area contributed by atoms with Crippen molar-refractivity contribution in [3.63, 3.8) is 0 Å². The van der Waals surface area contributed by atoms with E-state index in [-0.39, 0.29) is 6.61 Å². The molecule has 1 rings (SSSR count). The van der Waals surface area contributed by atoms with Gasteiger partial charge in [0.05, 0.1) is 11.4 Å². The number of aliphatic hydroxyl groups excluding tert-OH is 1. The molecular weight excluding hydrogens is 200 g/mol. The molecule has 0 aliphatic rings. The number of hydrogen-bond donors (Lipinski definition) is 2. The third-order valence-electron chi connectivity index (χ3n) is 2.06. The molecule has 3 N–H and O–H groups in total. The molecule has 1 aromatic carbocycles. The molecule has 0 fully saturated rings. The van der Waals surface area contributed by atoms with Crippen LogP contribution < -0.4 is 10.6 Å². The third kappa shape index (κ3) is 2.79. The number of halogens is 1. The molecule has 78 valence electrons. The van der Waals surface area contributed by atoms with Gasteiger partial charge in [0.2, 0.25) is 0 Å². The van der Waals surface area contributed by atoms with Gasteiger partial charge in [-0.2, -0.15) is 0 Å². The molecule has 0 aliphatic heterocycles. The lowest BCUT2D eigenvalue weighted by molar-refractivity contribution is 0.290. The van der Waals surface area contributed by atoms with Crippen LogP contribution in [0.3, 0.4) is 0 Å². The first-order chi connectivity index (χ1) is 6.65. The largest absolute Gasteiger partial charge is 0.397 e. The fourth-order valence-electron chi connectivity index (χ4n) is 1.28. The van der Waals surface area contributed by atoms with Crippen molar-refractivity contribution >= 4 is 23.0 Å². The molecule has 0 atom stereocenters. The minimum absolute atomic E-state index is 0.185. The van der Waals surface area contributed by atoms with Crippen LogP contribution in [0.1, 0.15) is 6.42 Å². The van der Waals surface area contributed by atoms with E-state index in [0.717, 1.165) is 18.7 Å². The fraction of sp³-hybridized carbons (Fsp3) is 0.400. The maximum absolute atomic E-state index is 8.70. The molecule has 0 amide bonds. The third-order valence-corrected chi connectivity index (χ3v) is 2.29. The molecule has 0 aliphatic carbocycles. The molecule has 0 bridgehead atoms. The summed E-state index contributed by atoms with van der Waals surface area (Å²) in [5.41, 5.74) is 7.41. The van der Waals surface area contributed by atoms with Gasteiger partial charge >= 0.3 is 0 Å². The molecule has 0 radical (unpaired) electrons. The smallest absolute Gasteiger partial charge is 0.0612 e. The van der Waals surface area contributed by atoms with Crippen LogP contribution in [0.5, 0.6) is 0 Å². The summed E-state index contributed by atoms with van der Waals surface area (Å²) in [6.07, 6.45) is 0.725. The number of benzene rings is 1. The summed E-state index contributed by atoms with van der Waals surface area (Å²) in [5.74, 6) is 0. The van der Waals surface area contributed by atoms with Gasteiger partial charge in [-0.25, -0.2) is 0 Å². The minimum atomic E-state index is 0.185. The maximum Gasteiger partial charge on any atom is 0.0612 e. The van der Waals surface area contributed by atoms with E-state index in [0.29, 0.717) is 10.7 Å². The summed E-state index contributed by atoms with van der Waals surface area (Å²) >= 11 is 5.86. The summed E-state index contributed by atoms with van der Waals surface area (Å²) in [6.45, 7) is 0.950. The Morgan fingerprint density at radius 2 is 2.21 bits per heavy atom. The Labute approximate surface area is 89.1 Å². The lowest BCUT2D eigenvalue weighted by atomic mass is 10.2. The van der Waals surface area contributed by atoms with E-state index in [4.69, 9.17) is 22.4 Å². The zero-order chi connectivity index (χ0) is 10.6. The number of nitrogens with zero attached hydrogens (tertiary/aromatic N) is 1. The summed E-state index contributed by atoms with van der Waals surface area (Å²) in [7, 11) is 1.93. The Balaban J connectivity index is 2.77. The summed E-state index contributed by atoms with van der Waals surface area (Å²) in [4.78, 5) is 1.98. The Hall–Kier alpha value is -0.930. The van der Waals surface area contributed by atoms with Gasteiger partial charge in [0.1, 0.15) is 0 Å². The lowest BCUT2D eigenvalue weighted by Gasteiger charge is -2.20. The molecule has 1 aromatic rings. The van der Waals surface area contributed by atoms with E-state index in [9.17, 15) is 0 Å². The number of rotatable bonds is 4. The molecular formula is C10H15ClN2O. The summed E-state index contributed by atoms with van der Waals surface area (Å²) in [6, 6.07) is 5.38. The molecule has 4 heteroatoms. The van der Waals surface area contributed by atoms with Gasteiger partial charge in [0, 0.05) is 25.2 Å². The van der Waals surface area contributed by atoms with Crippen molar-refractivity contribution in [3.05, 3.63) is 23.2 Å². The monoisotopic (exact) mass is 214 g/mol. The Morgan fingerprint density at radius 1 is 1.50 bits per heavy atom. The highest BCUT2D eigenvalue weighted by atomic mass is 35.5. The minimum Gasteiger partial charge on any atom is -0.397 e. The van der Waals surface area contributed by atoms with Gasteiger partial charge in [0.15, 0.2) is 0 Å². The van der Waals surface area contributed by atoms with E-state index in [1.807, 2.05) is 18.0 Å². The van der Waals surface area contributed by atoms with Gasteiger partial charge in [-0.3, -0.25) is 0 Å². The number of aliphatic hydroxyl groups is 1. The second kappa shape index (κ2) is 5.08. The molecule has 0 spiro atoms. The average molecular weight is 215 g/mol. The first-order valence-electron chi connectivity index (χ1n) is 4.52. The lowest BCUT2D eigenvalue weighted by Crippen LogP contribution is -2.20. The van der Waals surface area contributed by atoms with Crippen molar-refractivity contribution in [3.8, 4) is 0 Å². The topological polar surface area (TPSA) is 49.5 Å². The molecule has 0 unspecified atom stereocenters. The quantitative estimate of drug-likeness (QED) is 0.751. The number of anilines is 2. The first-order valence-corrected chi connectivity index (χ1v) is 4.90. The zero-order valence-corrected chi connectivity index (χ0v) is 8.96. The number of hydrogen-bond acceptors (Lipinski definition) is 3. The van der Waals surface area contributed by atoms with Crippen LogP contribution in [0, 0.1) is 0 Å². The van der Waals surface area contributed by atoms with E-state index in [1.165, 1.54) is 0 Å². The fourth-order valence-corrected chi connectivity index (χ4v) is 1.44. The van der Waals surface area contributed by atoms with Crippen molar-refractivity contribution in [1.82, 2.24) is 0 Å². The van der Waals surface area contributed by atoms with Crippen LogP contribution in [0.15, 0.2) is 18.2 Å². The highest BCUT2D eigenvalue weighted by Crippen LogP contribution is 2.25. The van der Waals surface area contributed by atoms with Gasteiger partial charge in [-0.15, -0.1) is 0 Å². The number of nitrogen functional groups attached to an aromatic ring is 1. The normalized spacial score (nSPS) is 10.2. The van der Waals surface area contributed by atoms with Crippen LogP contribution in [-0.2, 0) is 0 Å². The standard InChI is InChI=1S/C10H15ClN2O/c1-13(5-2-6-14)10-7-8(11)3-4-9(10)12/h3-4,7,14H,2,5-6,12H2,1H3. The van der Waals surface area contributed by atoms with E-state index < -0.39 is 0 Å². The maximum atomic E-state index is 8.70. The molecule has 0 saturated carbocycles. The van der Waals surface area contributed by atoms with Crippen LogP contribution in [0.2, 0.25) is 5.02 Å². The molecule has 0 saturated heterocycles. The molecule has 14 heavy (non-hydrogen) atoms. The van der Waals surface area contributed by atoms with Crippen LogP contribution in [-0.4, -0.2) is 25.3 Å². The second-order valence-corrected chi connectivity index (χ2v) is 3.64. The van der Waals surface area contributed by atoms with Gasteiger partial charge < -0.3 is 15.7 Å².